The Bertz CT molecular complexity index is 1700. The van der Waals surface area contributed by atoms with Crippen LogP contribution in [0.4, 0.5) is 30.1 Å². The smallest absolute Gasteiger partial charge is 0.444 e. The summed E-state index contributed by atoms with van der Waals surface area (Å²) in [4.78, 5) is 23.5. The molecule has 0 bridgehead atoms. The van der Waals surface area contributed by atoms with Crippen LogP contribution in [0.3, 0.4) is 0 Å². The molecule has 1 fully saturated rings. The topological polar surface area (TPSA) is 121 Å². The lowest BCUT2D eigenvalue weighted by molar-refractivity contribution is 0.0341. The van der Waals surface area contributed by atoms with Crippen molar-refractivity contribution in [3.63, 3.8) is 0 Å². The van der Waals surface area contributed by atoms with Crippen molar-refractivity contribution in [2.45, 2.75) is 66.6 Å². The summed E-state index contributed by atoms with van der Waals surface area (Å²) in [5.74, 6) is -0.475. The normalized spacial score (nSPS) is 15.0. The maximum atomic E-state index is 14.5. The molecule has 0 atom stereocenters. The molecule has 4 aromatic rings. The van der Waals surface area contributed by atoms with Crippen LogP contribution in [0.5, 0.6) is 0 Å². The van der Waals surface area contributed by atoms with E-state index in [-0.39, 0.29) is 22.6 Å². The summed E-state index contributed by atoms with van der Waals surface area (Å²) in [6.45, 7) is 15.5. The van der Waals surface area contributed by atoms with Gasteiger partial charge in [-0.1, -0.05) is 13.8 Å². The minimum atomic E-state index is -0.821. The van der Waals surface area contributed by atoms with Crippen molar-refractivity contribution >= 4 is 74.4 Å². The van der Waals surface area contributed by atoms with Crippen molar-refractivity contribution in [3.05, 3.63) is 52.5 Å². The van der Waals surface area contributed by atoms with Gasteiger partial charge >= 0.3 is 19.3 Å². The summed E-state index contributed by atoms with van der Waals surface area (Å²) < 4.78 is 60.8. The molecule has 1 aliphatic rings. The van der Waals surface area contributed by atoms with Crippen molar-refractivity contribution in [1.29, 1.82) is 0 Å². The van der Waals surface area contributed by atoms with E-state index in [1.807, 2.05) is 13.8 Å². The predicted octanol–water partition coefficient (Wildman–Crippen LogP) is 8.37. The summed E-state index contributed by atoms with van der Waals surface area (Å²) in [6.07, 6.45) is -1.27. The Kier molecular flexibility index (Phi) is 9.91. The molecule has 2 aromatic carbocycles. The lowest BCUT2D eigenvalue weighted by atomic mass is 9.74. The molecule has 2 N–H and O–H groups in total. The number of ether oxygens (including phenoxy) is 2. The molecule has 0 saturated carbocycles. The first-order valence-electron chi connectivity index (χ1n) is 14.1. The molecule has 0 radical (unpaired) electrons. The van der Waals surface area contributed by atoms with Crippen LogP contribution in [0.25, 0.3) is 21.9 Å². The monoisotopic (exact) mass is 692 g/mol. The molecule has 1 saturated heterocycles. The van der Waals surface area contributed by atoms with E-state index in [2.05, 4.69) is 26.6 Å². The number of hydrogen-bond acceptors (Lipinski definition) is 8. The van der Waals surface area contributed by atoms with Gasteiger partial charge in [0.1, 0.15) is 34.0 Å². The minimum absolute atomic E-state index is 0.124. The van der Waals surface area contributed by atoms with Gasteiger partial charge < -0.3 is 27.6 Å². The summed E-state index contributed by atoms with van der Waals surface area (Å²) in [6, 6.07) is 8.66. The van der Waals surface area contributed by atoms with Crippen molar-refractivity contribution < 1.29 is 46.0 Å². The molecule has 0 unspecified atom stereocenters. The van der Waals surface area contributed by atoms with E-state index in [4.69, 9.17) is 27.6 Å². The fourth-order valence-electron chi connectivity index (χ4n) is 4.19. The number of carbonyl (C=O) groups is 2. The first-order chi connectivity index (χ1) is 20.8. The van der Waals surface area contributed by atoms with Gasteiger partial charge in [-0.05, 0) is 81.7 Å². The molecule has 0 spiro atoms. The third-order valence-electron chi connectivity index (χ3n) is 6.01. The van der Waals surface area contributed by atoms with E-state index in [0.29, 0.717) is 39.6 Å². The molecule has 3 heterocycles. The number of nitrogens with one attached hydrogen (secondary N) is 2. The maximum Gasteiger partial charge on any atom is 0.497 e. The molecular weight excluding hydrogens is 657 g/mol. The molecule has 242 valence electrons. The molecule has 2 aromatic heterocycles. The fourth-order valence-corrected chi connectivity index (χ4v) is 4.63. The number of amides is 2. The van der Waals surface area contributed by atoms with Crippen LogP contribution in [-0.2, 0) is 18.8 Å². The lowest BCUT2D eigenvalue weighted by Crippen LogP contribution is -2.48. The molecule has 10 nitrogen and oxygen atoms in total. The third-order valence-corrected chi connectivity index (χ3v) is 6.82. The quantitative estimate of drug-likeness (QED) is 0.206. The second-order valence-electron chi connectivity index (χ2n) is 13.2. The number of halogens is 3. The number of anilines is 2. The fraction of sp³-hybridized carbons (Fsp3) is 0.419. The number of hydrogen-bond donors (Lipinski definition) is 2. The van der Waals surface area contributed by atoms with Gasteiger partial charge in [-0.25, -0.2) is 18.4 Å². The number of benzene rings is 2. The first kappa shape index (κ1) is 34.3. The van der Waals surface area contributed by atoms with Crippen molar-refractivity contribution in [2.75, 3.05) is 23.8 Å². The van der Waals surface area contributed by atoms with Crippen LogP contribution in [0.1, 0.15) is 55.4 Å². The Labute approximate surface area is 268 Å². The van der Waals surface area contributed by atoms with Gasteiger partial charge in [0.25, 0.3) is 0 Å². The number of carbonyl (C=O) groups excluding carboxylic acids is 2. The molecule has 0 aliphatic carbocycles. The van der Waals surface area contributed by atoms with Crippen LogP contribution < -0.4 is 16.1 Å². The zero-order chi connectivity index (χ0) is 33.3. The second-order valence-corrected chi connectivity index (χ2v) is 14.0. The Morgan fingerprint density at radius 1 is 0.800 bits per heavy atom. The van der Waals surface area contributed by atoms with Gasteiger partial charge in [-0.3, -0.25) is 10.6 Å². The standard InChI is InChI=1S/C18H23BFNO5.C13H13BrFNO3/c1-17(2,3)26-16(22)21-14-8-11-13(25-14)7-6-12(20)15(11)19-23-9-18(4,5)10-24-19;1-13(2,3)19-12(17)16-10-6-7-9(18-10)5-4-8(15)11(7)14/h6-8H,9-10H2,1-5H3,(H,21,22);4-6H,1-3H3,(H,16,17). The van der Waals surface area contributed by atoms with Crippen LogP contribution in [-0.4, -0.2) is 43.7 Å². The van der Waals surface area contributed by atoms with E-state index >= 15 is 0 Å². The Morgan fingerprint density at radius 2 is 1.24 bits per heavy atom. The lowest BCUT2D eigenvalue weighted by Gasteiger charge is -2.33. The SMILES string of the molecule is CC(C)(C)OC(=O)Nc1cc2c(Br)c(F)ccc2o1.CC1(C)COB(c2c(F)ccc3oc(NC(=O)OC(C)(C)C)cc23)OC1. The summed E-state index contributed by atoms with van der Waals surface area (Å²) >= 11 is 3.13. The highest BCUT2D eigenvalue weighted by molar-refractivity contribution is 9.10. The van der Waals surface area contributed by atoms with Gasteiger partial charge in [0.05, 0.1) is 4.47 Å². The zero-order valence-corrected chi connectivity index (χ0v) is 27.9. The van der Waals surface area contributed by atoms with E-state index < -0.39 is 42.1 Å². The van der Waals surface area contributed by atoms with Gasteiger partial charge in [0, 0.05) is 47.0 Å². The van der Waals surface area contributed by atoms with Gasteiger partial charge in [-0.15, -0.1) is 0 Å². The summed E-state index contributed by atoms with van der Waals surface area (Å²) in [5.41, 5.74) is -0.198. The van der Waals surface area contributed by atoms with Gasteiger partial charge in [0.15, 0.2) is 0 Å². The van der Waals surface area contributed by atoms with E-state index in [1.165, 1.54) is 30.3 Å². The number of furan rings is 2. The first-order valence-corrected chi connectivity index (χ1v) is 14.9. The highest BCUT2D eigenvalue weighted by atomic mass is 79.9. The minimum Gasteiger partial charge on any atom is -0.444 e. The van der Waals surface area contributed by atoms with Crippen LogP contribution in [0.15, 0.2) is 49.7 Å². The number of fused-ring (bicyclic) bond motifs is 2. The van der Waals surface area contributed by atoms with Gasteiger partial charge in [-0.2, -0.15) is 0 Å². The summed E-state index contributed by atoms with van der Waals surface area (Å²) in [7, 11) is -0.821. The molecule has 14 heteroatoms. The van der Waals surface area contributed by atoms with E-state index in [1.54, 1.807) is 47.6 Å². The summed E-state index contributed by atoms with van der Waals surface area (Å²) in [5, 5.41) is 6.02. The largest absolute Gasteiger partial charge is 0.497 e. The van der Waals surface area contributed by atoms with E-state index in [0.717, 1.165) is 0 Å². The third kappa shape index (κ3) is 9.21. The zero-order valence-electron chi connectivity index (χ0n) is 26.4. The molecule has 1 aliphatic heterocycles. The Balaban J connectivity index is 0.000000215. The number of rotatable bonds is 3. The molecule has 5 rings (SSSR count). The molecule has 2 amide bonds. The van der Waals surface area contributed by atoms with Gasteiger partial charge in [0.2, 0.25) is 11.8 Å². The maximum absolute atomic E-state index is 14.5. The van der Waals surface area contributed by atoms with Crippen LogP contribution in [0.2, 0.25) is 0 Å². The van der Waals surface area contributed by atoms with Crippen LogP contribution >= 0.6 is 15.9 Å². The van der Waals surface area contributed by atoms with Crippen molar-refractivity contribution in [2.24, 2.45) is 5.41 Å². The highest BCUT2D eigenvalue weighted by Crippen LogP contribution is 2.32. The Hall–Kier alpha value is -3.62. The highest BCUT2D eigenvalue weighted by Gasteiger charge is 2.37. The molecular formula is C31H36BBrF2N2O8. The average molecular weight is 693 g/mol. The van der Waals surface area contributed by atoms with Crippen LogP contribution in [0, 0.1) is 17.0 Å². The predicted molar refractivity (Wildman–Crippen MR) is 171 cm³/mol. The average Bonchev–Trinajstić information content (AvgIpc) is 3.48. The van der Waals surface area contributed by atoms with Crippen molar-refractivity contribution in [3.8, 4) is 0 Å². The van der Waals surface area contributed by atoms with Crippen molar-refractivity contribution in [1.82, 2.24) is 0 Å². The van der Waals surface area contributed by atoms with E-state index in [9.17, 15) is 18.4 Å². The second kappa shape index (κ2) is 13.0. The Morgan fingerprint density at radius 3 is 1.73 bits per heavy atom. The molecule has 45 heavy (non-hydrogen) atoms.